The Morgan fingerprint density at radius 2 is 2.07 bits per heavy atom. The summed E-state index contributed by atoms with van der Waals surface area (Å²) in [5.41, 5.74) is 8.24. The number of hydrogen-bond acceptors (Lipinski definition) is 3. The molecule has 0 aromatic heterocycles. The topological polar surface area (TPSA) is 67.5 Å². The molecule has 3 aliphatic rings. The van der Waals surface area contributed by atoms with Crippen LogP contribution in [0.4, 0.5) is 0 Å². The van der Waals surface area contributed by atoms with Crippen molar-refractivity contribution in [3.8, 4) is 0 Å². The summed E-state index contributed by atoms with van der Waals surface area (Å²) >= 11 is 0. The van der Waals surface area contributed by atoms with E-state index in [0.29, 0.717) is 0 Å². The summed E-state index contributed by atoms with van der Waals surface area (Å²) in [4.78, 5) is 15.9. The van der Waals surface area contributed by atoms with Crippen LogP contribution >= 0.6 is 0 Å². The number of hydrogen-bond donors (Lipinski definition) is 2. The molecule has 3 rings (SSSR count). The Morgan fingerprint density at radius 1 is 1.33 bits per heavy atom. The standard InChI is InChI=1S/C11H13N3O/c12-11-13-9-5-7-3-1-2-6(7)4-8(9)10(15)14-11/h4-5,8-9H,1-3H2,(H3,12,13,14,15)/t8-,9-/m0/s1. The number of nitrogens with two attached hydrogens (primary N) is 1. The van der Waals surface area contributed by atoms with Crippen molar-refractivity contribution in [1.29, 1.82) is 0 Å². The molecule has 0 radical (unpaired) electrons. The molecule has 1 fully saturated rings. The first kappa shape index (κ1) is 8.71. The van der Waals surface area contributed by atoms with E-state index in [0.717, 1.165) is 12.8 Å². The summed E-state index contributed by atoms with van der Waals surface area (Å²) in [6.45, 7) is 0. The number of allylic oxidation sites excluding steroid dienone is 2. The van der Waals surface area contributed by atoms with E-state index in [4.69, 9.17) is 5.73 Å². The summed E-state index contributed by atoms with van der Waals surface area (Å²) < 4.78 is 0. The number of carbonyl (C=O) groups is 1. The van der Waals surface area contributed by atoms with E-state index < -0.39 is 0 Å². The molecular formula is C11H13N3O. The Morgan fingerprint density at radius 3 is 2.87 bits per heavy atom. The van der Waals surface area contributed by atoms with E-state index >= 15 is 0 Å². The lowest BCUT2D eigenvalue weighted by atomic mass is 9.87. The molecule has 0 aromatic rings. The van der Waals surface area contributed by atoms with Crippen LogP contribution in [0, 0.1) is 5.92 Å². The molecule has 4 nitrogen and oxygen atoms in total. The van der Waals surface area contributed by atoms with E-state index in [9.17, 15) is 4.79 Å². The molecule has 1 heterocycles. The number of rotatable bonds is 0. The van der Waals surface area contributed by atoms with E-state index in [-0.39, 0.29) is 23.8 Å². The van der Waals surface area contributed by atoms with Crippen molar-refractivity contribution in [2.45, 2.75) is 25.3 Å². The average molecular weight is 203 g/mol. The highest BCUT2D eigenvalue weighted by Gasteiger charge is 2.34. The Hall–Kier alpha value is -1.58. The van der Waals surface area contributed by atoms with Crippen molar-refractivity contribution in [2.75, 3.05) is 0 Å². The van der Waals surface area contributed by atoms with Crippen molar-refractivity contribution in [2.24, 2.45) is 16.6 Å². The van der Waals surface area contributed by atoms with Crippen LogP contribution in [-0.2, 0) is 4.79 Å². The molecule has 78 valence electrons. The van der Waals surface area contributed by atoms with Crippen molar-refractivity contribution in [3.63, 3.8) is 0 Å². The SMILES string of the molecule is NC1=N[C@H]2C=C3CCCC3=C[C@@H]2C(=O)N1. The zero-order valence-corrected chi connectivity index (χ0v) is 8.36. The van der Waals surface area contributed by atoms with Gasteiger partial charge in [0.1, 0.15) is 0 Å². The summed E-state index contributed by atoms with van der Waals surface area (Å²) in [6, 6.07) is -0.0735. The van der Waals surface area contributed by atoms with Gasteiger partial charge in [0.15, 0.2) is 5.96 Å². The smallest absolute Gasteiger partial charge is 0.236 e. The minimum atomic E-state index is -0.144. The van der Waals surface area contributed by atoms with E-state index in [1.54, 1.807) is 0 Å². The fraction of sp³-hybridized carbons (Fsp3) is 0.455. The Labute approximate surface area is 87.9 Å². The van der Waals surface area contributed by atoms with E-state index in [1.807, 2.05) is 0 Å². The lowest BCUT2D eigenvalue weighted by Gasteiger charge is -2.27. The number of guanidine groups is 1. The van der Waals surface area contributed by atoms with Crippen LogP contribution in [-0.4, -0.2) is 17.9 Å². The van der Waals surface area contributed by atoms with Crippen LogP contribution in [0.1, 0.15) is 19.3 Å². The fourth-order valence-electron chi connectivity index (χ4n) is 2.55. The summed E-state index contributed by atoms with van der Waals surface area (Å²) in [7, 11) is 0. The molecule has 2 atom stereocenters. The van der Waals surface area contributed by atoms with Crippen LogP contribution < -0.4 is 11.1 Å². The van der Waals surface area contributed by atoms with Gasteiger partial charge in [0.05, 0.1) is 12.0 Å². The Bertz CT molecular complexity index is 420. The molecule has 0 saturated heterocycles. The number of nitrogens with zero attached hydrogens (tertiary/aromatic N) is 1. The maximum atomic E-state index is 11.7. The number of fused-ring (bicyclic) bond motifs is 2. The van der Waals surface area contributed by atoms with Gasteiger partial charge in [-0.15, -0.1) is 0 Å². The molecule has 3 N–H and O–H groups in total. The van der Waals surface area contributed by atoms with Gasteiger partial charge >= 0.3 is 0 Å². The summed E-state index contributed by atoms with van der Waals surface area (Å²) in [5.74, 6) is 0.0734. The zero-order chi connectivity index (χ0) is 10.4. The average Bonchev–Trinajstić information content (AvgIpc) is 2.61. The molecule has 15 heavy (non-hydrogen) atoms. The van der Waals surface area contributed by atoms with Crippen molar-refractivity contribution in [3.05, 3.63) is 23.3 Å². The zero-order valence-electron chi connectivity index (χ0n) is 8.36. The van der Waals surface area contributed by atoms with E-state index in [2.05, 4.69) is 22.5 Å². The van der Waals surface area contributed by atoms with Crippen molar-refractivity contribution >= 4 is 11.9 Å². The second-order valence-corrected chi connectivity index (χ2v) is 4.26. The van der Waals surface area contributed by atoms with Crippen molar-refractivity contribution in [1.82, 2.24) is 5.32 Å². The van der Waals surface area contributed by atoms with Gasteiger partial charge in [-0.2, -0.15) is 0 Å². The molecule has 0 unspecified atom stereocenters. The number of nitrogens with one attached hydrogen (secondary N) is 1. The quantitative estimate of drug-likeness (QED) is 0.600. The first-order valence-corrected chi connectivity index (χ1v) is 5.30. The molecule has 1 aliphatic heterocycles. The first-order valence-electron chi connectivity index (χ1n) is 5.30. The third-order valence-corrected chi connectivity index (χ3v) is 3.27. The highest BCUT2D eigenvalue weighted by Crippen LogP contribution is 2.37. The Kier molecular flexibility index (Phi) is 1.71. The number of carbonyl (C=O) groups excluding carboxylic acids is 1. The van der Waals surface area contributed by atoms with Crippen LogP contribution in [0.2, 0.25) is 0 Å². The summed E-state index contributed by atoms with van der Waals surface area (Å²) in [5, 5.41) is 2.57. The van der Waals surface area contributed by atoms with Gasteiger partial charge in [-0.25, -0.2) is 4.99 Å². The fourth-order valence-corrected chi connectivity index (χ4v) is 2.55. The third kappa shape index (κ3) is 1.28. The normalized spacial score (nSPS) is 33.3. The van der Waals surface area contributed by atoms with Crippen LogP contribution in [0.15, 0.2) is 28.3 Å². The van der Waals surface area contributed by atoms with E-state index in [1.165, 1.54) is 17.6 Å². The number of aliphatic imine (C=N–C) groups is 1. The minimum absolute atomic E-state index is 0.0257. The molecule has 0 aromatic carbocycles. The van der Waals surface area contributed by atoms with Crippen LogP contribution in [0.25, 0.3) is 0 Å². The molecular weight excluding hydrogens is 190 g/mol. The minimum Gasteiger partial charge on any atom is -0.370 e. The van der Waals surface area contributed by atoms with Gasteiger partial charge < -0.3 is 5.73 Å². The first-order chi connectivity index (χ1) is 7.24. The maximum absolute atomic E-state index is 11.7. The highest BCUT2D eigenvalue weighted by molar-refractivity contribution is 6.00. The van der Waals surface area contributed by atoms with Gasteiger partial charge in [-0.3, -0.25) is 10.1 Å². The molecule has 0 bridgehead atoms. The second kappa shape index (κ2) is 2.95. The molecule has 2 aliphatic carbocycles. The molecule has 1 saturated carbocycles. The maximum Gasteiger partial charge on any atom is 0.236 e. The van der Waals surface area contributed by atoms with Crippen LogP contribution in [0.3, 0.4) is 0 Å². The van der Waals surface area contributed by atoms with Gasteiger partial charge in [-0.1, -0.05) is 12.2 Å². The largest absolute Gasteiger partial charge is 0.370 e. The molecule has 1 amide bonds. The second-order valence-electron chi connectivity index (χ2n) is 4.26. The third-order valence-electron chi connectivity index (χ3n) is 3.27. The number of amides is 1. The van der Waals surface area contributed by atoms with Crippen molar-refractivity contribution < 1.29 is 4.79 Å². The van der Waals surface area contributed by atoms with Gasteiger partial charge in [0.2, 0.25) is 5.91 Å². The molecule has 0 spiro atoms. The van der Waals surface area contributed by atoms with Crippen LogP contribution in [0.5, 0.6) is 0 Å². The predicted molar refractivity (Wildman–Crippen MR) is 57.1 cm³/mol. The lowest BCUT2D eigenvalue weighted by molar-refractivity contribution is -0.122. The summed E-state index contributed by atoms with van der Waals surface area (Å²) in [6.07, 6.45) is 7.59. The Balaban J connectivity index is 2.02. The van der Waals surface area contributed by atoms with Gasteiger partial charge in [0.25, 0.3) is 0 Å². The highest BCUT2D eigenvalue weighted by atomic mass is 16.2. The lowest BCUT2D eigenvalue weighted by Crippen LogP contribution is -2.48. The molecule has 4 heteroatoms. The predicted octanol–water partition coefficient (Wildman–Crippen LogP) is 0.466. The van der Waals surface area contributed by atoms with Gasteiger partial charge in [-0.05, 0) is 30.4 Å². The monoisotopic (exact) mass is 203 g/mol. The van der Waals surface area contributed by atoms with Gasteiger partial charge in [0, 0.05) is 0 Å².